The smallest absolute Gasteiger partial charge is 0.132 e. The molecule has 0 bridgehead atoms. The van der Waals surface area contributed by atoms with Gasteiger partial charge in [0.2, 0.25) is 0 Å². The minimum atomic E-state index is 0.379. The molecule has 0 fully saturated rings. The number of hydrogen-bond acceptors (Lipinski definition) is 3. The number of ether oxygens (including phenoxy) is 1. The molecule has 1 aromatic rings. The highest BCUT2D eigenvalue weighted by Crippen LogP contribution is 2.45. The molecule has 0 spiro atoms. The molecule has 1 aliphatic rings. The molecular formula is C11H14ClNOS. The van der Waals surface area contributed by atoms with Gasteiger partial charge in [0.15, 0.2) is 0 Å². The van der Waals surface area contributed by atoms with E-state index < -0.39 is 0 Å². The molecule has 0 amide bonds. The fraction of sp³-hybridized carbons (Fsp3) is 0.455. The molecule has 15 heavy (non-hydrogen) atoms. The van der Waals surface area contributed by atoms with Crippen LogP contribution in [0.15, 0.2) is 17.0 Å². The average molecular weight is 244 g/mol. The van der Waals surface area contributed by atoms with Crippen LogP contribution in [0.25, 0.3) is 0 Å². The second-order valence-electron chi connectivity index (χ2n) is 3.56. The lowest BCUT2D eigenvalue weighted by Gasteiger charge is -2.26. The molecule has 0 saturated carbocycles. The van der Waals surface area contributed by atoms with Gasteiger partial charge in [-0.15, -0.1) is 11.8 Å². The maximum atomic E-state index is 6.22. The summed E-state index contributed by atoms with van der Waals surface area (Å²) in [6.45, 7) is 0.653. The molecule has 2 rings (SSSR count). The van der Waals surface area contributed by atoms with Crippen LogP contribution in [0.2, 0.25) is 5.02 Å². The van der Waals surface area contributed by atoms with E-state index in [1.54, 1.807) is 7.11 Å². The molecular weight excluding hydrogens is 230 g/mol. The van der Waals surface area contributed by atoms with E-state index in [1.807, 2.05) is 23.9 Å². The predicted molar refractivity (Wildman–Crippen MR) is 65.1 cm³/mol. The van der Waals surface area contributed by atoms with Crippen LogP contribution in [0.1, 0.15) is 17.9 Å². The van der Waals surface area contributed by atoms with Crippen molar-refractivity contribution in [2.45, 2.75) is 17.2 Å². The van der Waals surface area contributed by atoms with Gasteiger partial charge < -0.3 is 10.5 Å². The van der Waals surface area contributed by atoms with E-state index in [4.69, 9.17) is 22.1 Å². The minimum absolute atomic E-state index is 0.379. The van der Waals surface area contributed by atoms with Gasteiger partial charge in [-0.1, -0.05) is 11.6 Å². The van der Waals surface area contributed by atoms with Gasteiger partial charge in [0.05, 0.1) is 12.0 Å². The molecule has 0 saturated heterocycles. The van der Waals surface area contributed by atoms with Crippen LogP contribution < -0.4 is 10.5 Å². The second-order valence-corrected chi connectivity index (χ2v) is 5.07. The van der Waals surface area contributed by atoms with Gasteiger partial charge in [-0.2, -0.15) is 0 Å². The van der Waals surface area contributed by atoms with Crippen molar-refractivity contribution < 1.29 is 4.74 Å². The van der Waals surface area contributed by atoms with Gasteiger partial charge >= 0.3 is 0 Å². The summed E-state index contributed by atoms with van der Waals surface area (Å²) in [6, 6.07) is 3.82. The zero-order valence-corrected chi connectivity index (χ0v) is 10.2. The number of thioether (sulfide) groups is 1. The van der Waals surface area contributed by atoms with Gasteiger partial charge in [0, 0.05) is 5.02 Å². The first-order valence-electron chi connectivity index (χ1n) is 4.97. The summed E-state index contributed by atoms with van der Waals surface area (Å²) in [7, 11) is 1.69. The van der Waals surface area contributed by atoms with Gasteiger partial charge in [-0.25, -0.2) is 0 Å². The lowest BCUT2D eigenvalue weighted by molar-refractivity contribution is 0.402. The Morgan fingerprint density at radius 1 is 1.60 bits per heavy atom. The fourth-order valence-corrected chi connectivity index (χ4v) is 3.63. The third kappa shape index (κ3) is 1.96. The molecule has 1 heterocycles. The summed E-state index contributed by atoms with van der Waals surface area (Å²) < 4.78 is 5.34. The van der Waals surface area contributed by atoms with Crippen molar-refractivity contribution in [2.75, 3.05) is 19.4 Å². The van der Waals surface area contributed by atoms with Crippen LogP contribution in [-0.4, -0.2) is 19.4 Å². The molecule has 1 atom stereocenters. The van der Waals surface area contributed by atoms with Gasteiger partial charge in [0.1, 0.15) is 5.75 Å². The lowest BCUT2D eigenvalue weighted by Crippen LogP contribution is -2.17. The number of hydrogen-bond donors (Lipinski definition) is 1. The first-order chi connectivity index (χ1) is 7.27. The highest BCUT2D eigenvalue weighted by Gasteiger charge is 2.25. The summed E-state index contributed by atoms with van der Waals surface area (Å²) in [6.07, 6.45) is 1.10. The van der Waals surface area contributed by atoms with Crippen LogP contribution in [-0.2, 0) is 0 Å². The van der Waals surface area contributed by atoms with Crippen LogP contribution in [0.3, 0.4) is 0 Å². The topological polar surface area (TPSA) is 35.2 Å². The lowest BCUT2D eigenvalue weighted by atomic mass is 9.95. The molecule has 2 nitrogen and oxygen atoms in total. The Labute approximate surface area is 99.1 Å². The van der Waals surface area contributed by atoms with Crippen molar-refractivity contribution >= 4 is 23.4 Å². The third-order valence-corrected chi connectivity index (χ3v) is 4.21. The Morgan fingerprint density at radius 3 is 3.07 bits per heavy atom. The van der Waals surface area contributed by atoms with E-state index in [0.29, 0.717) is 12.5 Å². The van der Waals surface area contributed by atoms with E-state index in [2.05, 4.69) is 0 Å². The number of fused-ring (bicyclic) bond motifs is 1. The van der Waals surface area contributed by atoms with Crippen LogP contribution in [0.4, 0.5) is 0 Å². The molecule has 0 radical (unpaired) electrons. The molecule has 82 valence electrons. The van der Waals surface area contributed by atoms with Gasteiger partial charge in [-0.3, -0.25) is 0 Å². The highest BCUT2D eigenvalue weighted by atomic mass is 35.5. The molecule has 1 aliphatic heterocycles. The SMILES string of the molecule is COc1ccc(Cl)c2c1SCCC2CN. The van der Waals surface area contributed by atoms with Crippen molar-refractivity contribution in [3.63, 3.8) is 0 Å². The Morgan fingerprint density at radius 2 is 2.40 bits per heavy atom. The van der Waals surface area contributed by atoms with Crippen molar-refractivity contribution in [2.24, 2.45) is 5.73 Å². The monoisotopic (exact) mass is 243 g/mol. The Hall–Kier alpha value is -0.380. The molecule has 1 aromatic carbocycles. The Balaban J connectivity index is 2.53. The minimum Gasteiger partial charge on any atom is -0.496 e. The largest absolute Gasteiger partial charge is 0.496 e. The summed E-state index contributed by atoms with van der Waals surface area (Å²) in [5.41, 5.74) is 6.95. The molecule has 4 heteroatoms. The van der Waals surface area contributed by atoms with Crippen molar-refractivity contribution in [3.05, 3.63) is 22.7 Å². The van der Waals surface area contributed by atoms with E-state index in [1.165, 1.54) is 10.5 Å². The van der Waals surface area contributed by atoms with E-state index >= 15 is 0 Å². The second kappa shape index (κ2) is 4.64. The normalized spacial score (nSPS) is 19.8. The quantitative estimate of drug-likeness (QED) is 0.868. The number of methoxy groups -OCH3 is 1. The van der Waals surface area contributed by atoms with E-state index in [-0.39, 0.29) is 0 Å². The maximum absolute atomic E-state index is 6.22. The summed E-state index contributed by atoms with van der Waals surface area (Å²) in [5, 5.41) is 0.813. The van der Waals surface area contributed by atoms with Gasteiger partial charge in [-0.05, 0) is 42.3 Å². The number of benzene rings is 1. The van der Waals surface area contributed by atoms with Crippen LogP contribution >= 0.6 is 23.4 Å². The Kier molecular flexibility index (Phi) is 3.44. The molecule has 0 aromatic heterocycles. The number of nitrogens with two attached hydrogens (primary N) is 1. The molecule has 2 N–H and O–H groups in total. The zero-order chi connectivity index (χ0) is 10.8. The number of halogens is 1. The van der Waals surface area contributed by atoms with Crippen molar-refractivity contribution in [1.29, 1.82) is 0 Å². The van der Waals surface area contributed by atoms with Crippen LogP contribution in [0, 0.1) is 0 Å². The van der Waals surface area contributed by atoms with Crippen LogP contribution in [0.5, 0.6) is 5.75 Å². The summed E-state index contributed by atoms with van der Waals surface area (Å²) >= 11 is 8.03. The zero-order valence-electron chi connectivity index (χ0n) is 8.63. The maximum Gasteiger partial charge on any atom is 0.132 e. The average Bonchev–Trinajstić information content (AvgIpc) is 2.29. The first kappa shape index (κ1) is 11.1. The third-order valence-electron chi connectivity index (χ3n) is 2.73. The standard InChI is InChI=1S/C11H14ClNOS/c1-14-9-3-2-8(12)10-7(6-13)4-5-15-11(9)10/h2-3,7H,4-6,13H2,1H3. The van der Waals surface area contributed by atoms with Crippen molar-refractivity contribution in [3.8, 4) is 5.75 Å². The summed E-state index contributed by atoms with van der Waals surface area (Å²) in [5.74, 6) is 2.38. The van der Waals surface area contributed by atoms with E-state index in [0.717, 1.165) is 22.9 Å². The molecule has 1 unspecified atom stereocenters. The summed E-state index contributed by atoms with van der Waals surface area (Å²) in [4.78, 5) is 1.17. The fourth-order valence-electron chi connectivity index (χ4n) is 1.93. The predicted octanol–water partition coefficient (Wildman–Crippen LogP) is 2.89. The number of rotatable bonds is 2. The Bertz CT molecular complexity index is 370. The first-order valence-corrected chi connectivity index (χ1v) is 6.33. The van der Waals surface area contributed by atoms with Gasteiger partial charge in [0.25, 0.3) is 0 Å². The molecule has 0 aliphatic carbocycles. The highest BCUT2D eigenvalue weighted by molar-refractivity contribution is 7.99. The van der Waals surface area contributed by atoms with E-state index in [9.17, 15) is 0 Å². The van der Waals surface area contributed by atoms with Crippen molar-refractivity contribution in [1.82, 2.24) is 0 Å².